The summed E-state index contributed by atoms with van der Waals surface area (Å²) in [7, 11) is 0. The Bertz CT molecular complexity index is 1540. The lowest BCUT2D eigenvalue weighted by Crippen LogP contribution is -2.62. The Labute approximate surface area is 268 Å². The number of rotatable bonds is 7. The van der Waals surface area contributed by atoms with Crippen molar-refractivity contribution in [2.75, 3.05) is 39.3 Å². The van der Waals surface area contributed by atoms with E-state index in [9.17, 15) is 29.4 Å². The largest absolute Gasteiger partial charge is 0.465 e. The molecule has 2 aliphatic heterocycles. The Morgan fingerprint density at radius 3 is 2.24 bits per heavy atom. The molecule has 1 aromatic carbocycles. The second-order valence-electron chi connectivity index (χ2n) is 14.1. The Balaban J connectivity index is 1.30. The number of halogens is 1. The minimum absolute atomic E-state index is 0.0455. The molecule has 2 aliphatic carbocycles. The highest BCUT2D eigenvalue weighted by Gasteiger charge is 2.56. The van der Waals surface area contributed by atoms with Crippen molar-refractivity contribution in [2.24, 2.45) is 17.3 Å². The van der Waals surface area contributed by atoms with E-state index in [2.05, 4.69) is 0 Å². The Hall–Kier alpha value is -3.73. The van der Waals surface area contributed by atoms with E-state index in [0.29, 0.717) is 25.4 Å². The van der Waals surface area contributed by atoms with Crippen molar-refractivity contribution >= 4 is 17.9 Å². The van der Waals surface area contributed by atoms with Crippen LogP contribution in [0.15, 0.2) is 41.3 Å². The molecule has 2 aromatic rings. The van der Waals surface area contributed by atoms with Gasteiger partial charge in [0.15, 0.2) is 0 Å². The molecule has 2 saturated carbocycles. The van der Waals surface area contributed by atoms with Crippen molar-refractivity contribution in [1.29, 1.82) is 0 Å². The first kappa shape index (κ1) is 32.2. The Morgan fingerprint density at radius 2 is 1.61 bits per heavy atom. The molecule has 10 nitrogen and oxygen atoms in total. The van der Waals surface area contributed by atoms with E-state index in [0.717, 1.165) is 32.1 Å². The predicted octanol–water partition coefficient (Wildman–Crippen LogP) is 4.44. The van der Waals surface area contributed by atoms with Gasteiger partial charge in [0.25, 0.3) is 11.5 Å². The van der Waals surface area contributed by atoms with Crippen LogP contribution >= 0.6 is 0 Å². The third-order valence-electron chi connectivity index (χ3n) is 11.3. The number of carbonyl (C=O) groups is 3. The van der Waals surface area contributed by atoms with Gasteiger partial charge in [-0.25, -0.2) is 9.18 Å². The molecule has 2 saturated heterocycles. The van der Waals surface area contributed by atoms with E-state index in [4.69, 9.17) is 0 Å². The number of piperidine rings is 1. The summed E-state index contributed by atoms with van der Waals surface area (Å²) < 4.78 is 16.4. The van der Waals surface area contributed by atoms with Crippen LogP contribution in [0.3, 0.4) is 0 Å². The minimum Gasteiger partial charge on any atom is -0.465 e. The van der Waals surface area contributed by atoms with Crippen molar-refractivity contribution in [3.05, 3.63) is 58.3 Å². The van der Waals surface area contributed by atoms with Gasteiger partial charge in [-0.15, -0.1) is 0 Å². The zero-order valence-electron chi connectivity index (χ0n) is 26.6. The Kier molecular flexibility index (Phi) is 8.98. The molecule has 248 valence electrons. The van der Waals surface area contributed by atoms with E-state index in [1.54, 1.807) is 6.07 Å². The van der Waals surface area contributed by atoms with Crippen LogP contribution in [0.25, 0.3) is 11.1 Å². The van der Waals surface area contributed by atoms with Gasteiger partial charge >= 0.3 is 6.09 Å². The third-order valence-corrected chi connectivity index (χ3v) is 11.3. The van der Waals surface area contributed by atoms with Crippen molar-refractivity contribution < 1.29 is 29.0 Å². The predicted molar refractivity (Wildman–Crippen MR) is 170 cm³/mol. The van der Waals surface area contributed by atoms with Gasteiger partial charge in [-0.3, -0.25) is 14.4 Å². The molecular weight excluding hydrogens is 591 g/mol. The molecule has 46 heavy (non-hydrogen) atoms. The van der Waals surface area contributed by atoms with Gasteiger partial charge in [0.2, 0.25) is 5.91 Å². The van der Waals surface area contributed by atoms with Gasteiger partial charge in [-0.1, -0.05) is 57.2 Å². The first-order chi connectivity index (χ1) is 22.0. The number of pyridine rings is 1. The second-order valence-corrected chi connectivity index (χ2v) is 14.1. The molecule has 6 rings (SSSR count). The van der Waals surface area contributed by atoms with Gasteiger partial charge in [-0.2, -0.15) is 0 Å². The van der Waals surface area contributed by atoms with Crippen LogP contribution in [-0.4, -0.2) is 92.3 Å². The molecule has 1 spiro atoms. The van der Waals surface area contributed by atoms with E-state index < -0.39 is 34.4 Å². The molecule has 3 heterocycles. The molecule has 4 fully saturated rings. The first-order valence-electron chi connectivity index (χ1n) is 16.8. The number of amides is 3. The number of aliphatic hydroxyl groups is 1. The van der Waals surface area contributed by atoms with Crippen molar-refractivity contribution in [1.82, 2.24) is 19.3 Å². The third kappa shape index (κ3) is 6.06. The number of carboxylic acid groups (broad SMARTS) is 1. The molecule has 2 N–H and O–H groups in total. The number of hydrogen-bond donors (Lipinski definition) is 2. The summed E-state index contributed by atoms with van der Waals surface area (Å²) in [6.07, 6.45) is 8.55. The van der Waals surface area contributed by atoms with E-state index in [1.807, 2.05) is 11.8 Å². The highest BCUT2D eigenvalue weighted by atomic mass is 19.1. The lowest BCUT2D eigenvalue weighted by molar-refractivity contribution is -0.163. The lowest BCUT2D eigenvalue weighted by atomic mass is 9.65. The average molecular weight is 637 g/mol. The number of aromatic nitrogens is 1. The molecule has 0 bridgehead atoms. The average Bonchev–Trinajstić information content (AvgIpc) is 3.50. The maximum Gasteiger partial charge on any atom is 0.407 e. The summed E-state index contributed by atoms with van der Waals surface area (Å²) in [5.74, 6) is -0.299. The zero-order valence-corrected chi connectivity index (χ0v) is 26.6. The number of piperazine rings is 1. The van der Waals surface area contributed by atoms with Crippen LogP contribution < -0.4 is 5.56 Å². The monoisotopic (exact) mass is 636 g/mol. The van der Waals surface area contributed by atoms with Crippen molar-refractivity contribution in [3.8, 4) is 11.1 Å². The van der Waals surface area contributed by atoms with Crippen LogP contribution in [0.2, 0.25) is 0 Å². The van der Waals surface area contributed by atoms with E-state index in [-0.39, 0.29) is 61.2 Å². The van der Waals surface area contributed by atoms with Crippen LogP contribution in [0.1, 0.15) is 75.1 Å². The number of nitrogens with zero attached hydrogens (tertiary/aromatic N) is 4. The highest BCUT2D eigenvalue weighted by molar-refractivity contribution is 6.00. The SMILES string of the molecule is CC(CC1CCC1)C(=O)N1CC[C@@](O)(Cn2cc(C(=O)N3CCN(C(=O)O)CC3)c(-c3ccccc3F)cc2=O)C2(CCCC2)C1. The number of likely N-dealkylation sites (tertiary alicyclic amines) is 1. The molecule has 0 radical (unpaired) electrons. The number of benzene rings is 1. The first-order valence-corrected chi connectivity index (χ1v) is 16.8. The van der Waals surface area contributed by atoms with Crippen LogP contribution in [0.5, 0.6) is 0 Å². The normalized spacial score (nSPS) is 23.8. The van der Waals surface area contributed by atoms with Crippen LogP contribution in [0.4, 0.5) is 9.18 Å². The van der Waals surface area contributed by atoms with E-state index >= 15 is 4.39 Å². The molecule has 1 aromatic heterocycles. The zero-order chi connectivity index (χ0) is 32.6. The second kappa shape index (κ2) is 12.8. The molecular formula is C35H45FN4O6. The van der Waals surface area contributed by atoms with E-state index in [1.165, 1.54) is 64.1 Å². The fourth-order valence-electron chi connectivity index (χ4n) is 8.25. The molecule has 3 amide bonds. The summed E-state index contributed by atoms with van der Waals surface area (Å²) in [4.78, 5) is 57.3. The van der Waals surface area contributed by atoms with Gasteiger partial charge in [0.1, 0.15) is 5.82 Å². The number of hydrogen-bond acceptors (Lipinski definition) is 5. The fraction of sp³-hybridized carbons (Fsp3) is 0.600. The van der Waals surface area contributed by atoms with Crippen LogP contribution in [-0.2, 0) is 11.3 Å². The van der Waals surface area contributed by atoms with Gasteiger partial charge in [0.05, 0.1) is 17.7 Å². The minimum atomic E-state index is -1.28. The van der Waals surface area contributed by atoms with Crippen molar-refractivity contribution in [2.45, 2.75) is 76.9 Å². The molecule has 4 aliphatic rings. The maximum absolute atomic E-state index is 15.0. The van der Waals surface area contributed by atoms with Crippen LogP contribution in [0, 0.1) is 23.1 Å². The lowest BCUT2D eigenvalue weighted by Gasteiger charge is -2.53. The topological polar surface area (TPSA) is 123 Å². The van der Waals surface area contributed by atoms with Gasteiger partial charge < -0.3 is 29.5 Å². The fourth-order valence-corrected chi connectivity index (χ4v) is 8.25. The summed E-state index contributed by atoms with van der Waals surface area (Å²) >= 11 is 0. The Morgan fingerprint density at radius 1 is 0.935 bits per heavy atom. The molecule has 1 unspecified atom stereocenters. The number of carbonyl (C=O) groups excluding carboxylic acids is 2. The van der Waals surface area contributed by atoms with Gasteiger partial charge in [-0.05, 0) is 37.7 Å². The molecule has 11 heteroatoms. The van der Waals surface area contributed by atoms with Crippen molar-refractivity contribution in [3.63, 3.8) is 0 Å². The highest BCUT2D eigenvalue weighted by Crippen LogP contribution is 2.52. The molecule has 2 atom stereocenters. The maximum atomic E-state index is 15.0. The standard InChI is InChI=1S/C35H45FN4O6/c1-24(19-25-7-6-8-25)31(42)39-14-13-35(46,34(22-39)11-4-5-12-34)23-40-21-28(32(43)37-15-17-38(18-16-37)33(44)45)27(20-30(40)41)26-9-2-3-10-29(26)36/h2-3,9-10,20-21,24-25,46H,4-8,11-19,22-23H2,1H3,(H,44,45)/t24?,35-/m1/s1. The van der Waals surface area contributed by atoms with Gasteiger partial charge in [0, 0.05) is 74.0 Å². The summed E-state index contributed by atoms with van der Waals surface area (Å²) in [6, 6.07) is 7.24. The summed E-state index contributed by atoms with van der Waals surface area (Å²) in [6.45, 7) is 3.43. The smallest absolute Gasteiger partial charge is 0.407 e. The summed E-state index contributed by atoms with van der Waals surface area (Å²) in [5.41, 5.74) is -1.91. The summed E-state index contributed by atoms with van der Waals surface area (Å²) in [5, 5.41) is 21.8. The quantitative estimate of drug-likeness (QED) is 0.464.